The molecule has 0 bridgehead atoms. The van der Waals surface area contributed by atoms with Crippen molar-refractivity contribution < 1.29 is 0 Å². The fourth-order valence-electron chi connectivity index (χ4n) is 3.42. The zero-order valence-electron chi connectivity index (χ0n) is 16.4. The first-order valence-electron chi connectivity index (χ1n) is 9.41. The molecule has 0 aliphatic rings. The van der Waals surface area contributed by atoms with Gasteiger partial charge in [-0.3, -0.25) is 19.0 Å². The fraction of sp³-hybridized carbons (Fsp3) is 0.0455. The number of nitrogen functional groups attached to an aromatic ring is 1. The molecule has 0 amide bonds. The first-order valence-corrected chi connectivity index (χ1v) is 9.79. The molecule has 0 saturated carbocycles. The Morgan fingerprint density at radius 2 is 1.87 bits per heavy atom. The van der Waals surface area contributed by atoms with Gasteiger partial charge in [0.25, 0.3) is 5.56 Å². The van der Waals surface area contributed by atoms with Crippen LogP contribution in [0.5, 0.6) is 0 Å². The number of aryl methyl sites for hydroxylation is 1. The summed E-state index contributed by atoms with van der Waals surface area (Å²) in [7, 11) is 1.82. The van der Waals surface area contributed by atoms with Crippen LogP contribution >= 0.6 is 11.6 Å². The normalized spacial score (nSPS) is 11.2. The van der Waals surface area contributed by atoms with E-state index < -0.39 is 0 Å². The monoisotopic (exact) mass is 429 g/mol. The summed E-state index contributed by atoms with van der Waals surface area (Å²) in [5.74, 6) is 0.356. The van der Waals surface area contributed by atoms with Crippen LogP contribution in [-0.2, 0) is 7.05 Å². The minimum absolute atomic E-state index is 0.117. The van der Waals surface area contributed by atoms with Crippen LogP contribution in [0.15, 0.2) is 71.9 Å². The number of rotatable bonds is 3. The largest absolute Gasteiger partial charge is 0.381 e. The molecule has 1 aromatic carbocycles. The first-order chi connectivity index (χ1) is 15.0. The van der Waals surface area contributed by atoms with E-state index in [2.05, 4.69) is 15.1 Å². The van der Waals surface area contributed by atoms with Crippen LogP contribution in [0.25, 0.3) is 39.4 Å². The Bertz CT molecular complexity index is 1510. The fourth-order valence-corrected chi connectivity index (χ4v) is 3.70. The summed E-state index contributed by atoms with van der Waals surface area (Å²) in [6.07, 6.45) is 5.10. The van der Waals surface area contributed by atoms with Gasteiger partial charge in [0.1, 0.15) is 17.1 Å². The lowest BCUT2D eigenvalue weighted by Crippen LogP contribution is -2.19. The maximum Gasteiger partial charge on any atom is 0.256 e. The Kier molecular flexibility index (Phi) is 4.48. The summed E-state index contributed by atoms with van der Waals surface area (Å²) in [4.78, 5) is 26.1. The predicted octanol–water partition coefficient (Wildman–Crippen LogP) is 3.48. The molecule has 8 nitrogen and oxygen atoms in total. The van der Waals surface area contributed by atoms with Crippen LogP contribution in [0, 0.1) is 0 Å². The average Bonchev–Trinajstić information content (AvgIpc) is 3.20. The quantitative estimate of drug-likeness (QED) is 0.470. The van der Waals surface area contributed by atoms with Crippen LogP contribution in [0.3, 0.4) is 0 Å². The molecule has 4 heterocycles. The smallest absolute Gasteiger partial charge is 0.256 e. The van der Waals surface area contributed by atoms with Crippen molar-refractivity contribution in [3.63, 3.8) is 0 Å². The van der Waals surface area contributed by atoms with Crippen molar-refractivity contribution in [3.05, 3.63) is 82.5 Å². The molecular weight excluding hydrogens is 414 g/mol. The first kappa shape index (κ1) is 19.0. The molecule has 0 atom stereocenters. The second-order valence-corrected chi connectivity index (χ2v) is 7.35. The lowest BCUT2D eigenvalue weighted by Gasteiger charge is -2.13. The van der Waals surface area contributed by atoms with Crippen molar-refractivity contribution in [1.82, 2.24) is 29.3 Å². The molecule has 0 fully saturated rings. The van der Waals surface area contributed by atoms with Gasteiger partial charge < -0.3 is 5.73 Å². The lowest BCUT2D eigenvalue weighted by molar-refractivity contribution is 0.769. The molecule has 2 N–H and O–H groups in total. The Balaban J connectivity index is 1.83. The molecule has 152 valence electrons. The number of fused-ring (bicyclic) bond motifs is 1. The second kappa shape index (κ2) is 7.33. The molecule has 5 rings (SSSR count). The number of hydrogen-bond acceptors (Lipinski definition) is 6. The number of halogens is 1. The summed E-state index contributed by atoms with van der Waals surface area (Å²) in [6, 6.07) is 14.1. The Morgan fingerprint density at radius 3 is 2.65 bits per heavy atom. The number of hydrogen-bond donors (Lipinski definition) is 1. The lowest BCUT2D eigenvalue weighted by atomic mass is 10.0. The van der Waals surface area contributed by atoms with Gasteiger partial charge in [0.15, 0.2) is 11.6 Å². The number of pyridine rings is 2. The van der Waals surface area contributed by atoms with Crippen molar-refractivity contribution in [2.24, 2.45) is 7.05 Å². The van der Waals surface area contributed by atoms with E-state index in [-0.39, 0.29) is 17.2 Å². The molecule has 0 unspecified atom stereocenters. The van der Waals surface area contributed by atoms with Crippen molar-refractivity contribution >= 4 is 28.3 Å². The van der Waals surface area contributed by atoms with Gasteiger partial charge in [-0.15, -0.1) is 0 Å². The highest BCUT2D eigenvalue weighted by molar-refractivity contribution is 6.35. The maximum atomic E-state index is 12.4. The van der Waals surface area contributed by atoms with E-state index in [0.717, 1.165) is 5.39 Å². The predicted molar refractivity (Wildman–Crippen MR) is 120 cm³/mol. The van der Waals surface area contributed by atoms with Crippen molar-refractivity contribution in [3.8, 4) is 28.5 Å². The van der Waals surface area contributed by atoms with Crippen molar-refractivity contribution in [2.75, 3.05) is 5.73 Å². The standard InChI is InChI=1S/C22H16ClN7O/c1-29-10-7-16(28-29)20-19(14-11-13-5-4-8-25-18(13)15(23)12-14)27-22(21(24)26-20)30-9-3-2-6-17(30)31/h2-12H,1H3,(H2,24,26). The van der Waals surface area contributed by atoms with Gasteiger partial charge in [0.2, 0.25) is 0 Å². The molecule has 5 aromatic rings. The average molecular weight is 430 g/mol. The molecule has 9 heteroatoms. The van der Waals surface area contributed by atoms with E-state index in [0.29, 0.717) is 33.2 Å². The van der Waals surface area contributed by atoms with Crippen LogP contribution in [0.4, 0.5) is 5.82 Å². The molecule has 0 radical (unpaired) electrons. The summed E-state index contributed by atoms with van der Waals surface area (Å²) in [5, 5.41) is 5.80. The SMILES string of the molecule is Cn1ccc(-c2nc(N)c(-n3ccccc3=O)nc2-c2cc(Cl)c3ncccc3c2)n1. The highest BCUT2D eigenvalue weighted by Gasteiger charge is 2.20. The topological polar surface area (TPSA) is 105 Å². The van der Waals surface area contributed by atoms with E-state index in [1.807, 2.05) is 37.5 Å². The van der Waals surface area contributed by atoms with E-state index in [4.69, 9.17) is 22.3 Å². The van der Waals surface area contributed by atoms with Gasteiger partial charge in [0.05, 0.1) is 10.5 Å². The zero-order chi connectivity index (χ0) is 21.5. The zero-order valence-corrected chi connectivity index (χ0v) is 17.2. The molecule has 0 spiro atoms. The summed E-state index contributed by atoms with van der Waals surface area (Å²) < 4.78 is 3.03. The third-order valence-corrected chi connectivity index (χ3v) is 5.13. The third-order valence-electron chi connectivity index (χ3n) is 4.84. The Morgan fingerprint density at radius 1 is 1.00 bits per heavy atom. The Labute approximate surface area is 181 Å². The highest BCUT2D eigenvalue weighted by Crippen LogP contribution is 2.34. The molecule has 0 aliphatic heterocycles. The molecule has 0 aliphatic carbocycles. The van der Waals surface area contributed by atoms with Crippen LogP contribution in [0.2, 0.25) is 5.02 Å². The molecule has 4 aromatic heterocycles. The van der Waals surface area contributed by atoms with Crippen LogP contribution in [0.1, 0.15) is 0 Å². The van der Waals surface area contributed by atoms with E-state index in [1.165, 1.54) is 10.6 Å². The van der Waals surface area contributed by atoms with E-state index in [9.17, 15) is 4.79 Å². The van der Waals surface area contributed by atoms with Gasteiger partial charge >= 0.3 is 0 Å². The summed E-state index contributed by atoms with van der Waals surface area (Å²) in [6.45, 7) is 0. The number of nitrogens with two attached hydrogens (primary N) is 1. The van der Waals surface area contributed by atoms with Gasteiger partial charge in [-0.1, -0.05) is 23.7 Å². The van der Waals surface area contributed by atoms with Crippen molar-refractivity contribution in [2.45, 2.75) is 0 Å². The highest BCUT2D eigenvalue weighted by atomic mass is 35.5. The summed E-state index contributed by atoms with van der Waals surface area (Å²) >= 11 is 6.52. The van der Waals surface area contributed by atoms with E-state index >= 15 is 0 Å². The van der Waals surface area contributed by atoms with E-state index in [1.54, 1.807) is 35.3 Å². The van der Waals surface area contributed by atoms with Gasteiger partial charge in [-0.2, -0.15) is 5.10 Å². The molecular formula is C22H16ClN7O. The maximum absolute atomic E-state index is 12.4. The summed E-state index contributed by atoms with van der Waals surface area (Å²) in [5.41, 5.74) is 8.97. The third kappa shape index (κ3) is 3.32. The minimum atomic E-state index is -0.263. The minimum Gasteiger partial charge on any atom is -0.381 e. The Hall–Kier alpha value is -4.04. The number of anilines is 1. The number of benzene rings is 1. The number of aromatic nitrogens is 6. The van der Waals surface area contributed by atoms with Gasteiger partial charge in [-0.25, -0.2) is 9.97 Å². The van der Waals surface area contributed by atoms with Gasteiger partial charge in [0, 0.05) is 42.7 Å². The second-order valence-electron chi connectivity index (χ2n) is 6.95. The van der Waals surface area contributed by atoms with Gasteiger partial charge in [-0.05, 0) is 30.3 Å². The molecule has 0 saturated heterocycles. The van der Waals surface area contributed by atoms with Crippen molar-refractivity contribution in [1.29, 1.82) is 0 Å². The number of nitrogens with zero attached hydrogens (tertiary/aromatic N) is 6. The van der Waals surface area contributed by atoms with Crippen LogP contribution < -0.4 is 11.3 Å². The molecule has 31 heavy (non-hydrogen) atoms. The van der Waals surface area contributed by atoms with Crippen LogP contribution in [-0.4, -0.2) is 29.3 Å².